The van der Waals surface area contributed by atoms with Gasteiger partial charge in [-0.2, -0.15) is 5.17 Å². The predicted octanol–water partition coefficient (Wildman–Crippen LogP) is 2.78. The van der Waals surface area contributed by atoms with Gasteiger partial charge in [-0.15, -0.1) is 5.10 Å². The molecule has 2 atom stereocenters. The van der Waals surface area contributed by atoms with Crippen LogP contribution in [-0.4, -0.2) is 60.7 Å². The van der Waals surface area contributed by atoms with Gasteiger partial charge in [0.1, 0.15) is 19.3 Å². The number of carbonyl (C=O) groups is 3. The van der Waals surface area contributed by atoms with Crippen molar-refractivity contribution < 1.29 is 28.7 Å². The third-order valence-electron chi connectivity index (χ3n) is 5.03. The van der Waals surface area contributed by atoms with Crippen molar-refractivity contribution in [1.82, 2.24) is 15.8 Å². The molecule has 0 aliphatic carbocycles. The van der Waals surface area contributed by atoms with Gasteiger partial charge in [-0.05, 0) is 31.2 Å². The van der Waals surface area contributed by atoms with E-state index in [9.17, 15) is 14.4 Å². The number of hydrogen-bond donors (Lipinski definition) is 2. The number of carbonyl (C=O) groups excluding carboxylic acids is 3. The van der Waals surface area contributed by atoms with Crippen LogP contribution in [0.3, 0.4) is 0 Å². The van der Waals surface area contributed by atoms with E-state index in [4.69, 9.17) is 14.3 Å². The molecule has 10 nitrogen and oxygen atoms in total. The first kappa shape index (κ1) is 27.1. The molecule has 1 aromatic carbocycles. The van der Waals surface area contributed by atoms with Crippen LogP contribution < -0.4 is 10.6 Å². The molecule has 2 rings (SSSR count). The number of benzene rings is 1. The van der Waals surface area contributed by atoms with Crippen molar-refractivity contribution in [2.24, 2.45) is 11.0 Å². The third-order valence-corrected chi connectivity index (χ3v) is 5.03. The smallest absolute Gasteiger partial charge is 0.408 e. The van der Waals surface area contributed by atoms with Crippen molar-refractivity contribution in [3.8, 4) is 0 Å². The second kappa shape index (κ2) is 14.2. The van der Waals surface area contributed by atoms with Crippen molar-refractivity contribution in [1.29, 1.82) is 0 Å². The molecule has 0 spiro atoms. The van der Waals surface area contributed by atoms with Crippen molar-refractivity contribution in [2.45, 2.75) is 65.6 Å². The Kier molecular flexibility index (Phi) is 11.3. The Morgan fingerprint density at radius 3 is 2.53 bits per heavy atom. The van der Waals surface area contributed by atoms with Gasteiger partial charge in [0.15, 0.2) is 5.71 Å². The molecule has 2 amide bonds. The Bertz CT molecular complexity index is 830. The number of rotatable bonds is 13. The highest BCUT2D eigenvalue weighted by molar-refractivity contribution is 6.37. The fourth-order valence-electron chi connectivity index (χ4n) is 3.41. The van der Waals surface area contributed by atoms with E-state index in [0.29, 0.717) is 25.2 Å². The molecule has 0 aromatic heterocycles. The van der Waals surface area contributed by atoms with Gasteiger partial charge in [-0.3, -0.25) is 4.79 Å². The van der Waals surface area contributed by atoms with E-state index in [0.717, 1.165) is 5.56 Å². The summed E-state index contributed by atoms with van der Waals surface area (Å²) in [6.07, 6.45) is 1.19. The van der Waals surface area contributed by atoms with Crippen LogP contribution in [0.25, 0.3) is 0 Å². The molecule has 0 fully saturated rings. The average molecular weight is 477 g/mol. The SMILES string of the molecule is CCC[C@H](NC(=O)OCc1ccccc1)C(=O)NC[C@H](CC(C)C)N1N=C(C(=O)OCC)CO1. The van der Waals surface area contributed by atoms with E-state index in [2.05, 4.69) is 15.7 Å². The Morgan fingerprint density at radius 2 is 1.88 bits per heavy atom. The van der Waals surface area contributed by atoms with E-state index in [-0.39, 0.29) is 44.0 Å². The van der Waals surface area contributed by atoms with E-state index < -0.39 is 18.1 Å². The van der Waals surface area contributed by atoms with Crippen LogP contribution in [0.1, 0.15) is 52.5 Å². The molecule has 0 saturated heterocycles. The average Bonchev–Trinajstić information content (AvgIpc) is 3.31. The zero-order valence-corrected chi connectivity index (χ0v) is 20.4. The topological polar surface area (TPSA) is 119 Å². The van der Waals surface area contributed by atoms with Crippen molar-refractivity contribution in [2.75, 3.05) is 19.8 Å². The van der Waals surface area contributed by atoms with E-state index in [1.54, 1.807) is 6.92 Å². The summed E-state index contributed by atoms with van der Waals surface area (Å²) in [5.74, 6) is -0.538. The fourth-order valence-corrected chi connectivity index (χ4v) is 3.41. The summed E-state index contributed by atoms with van der Waals surface area (Å²) >= 11 is 0. The summed E-state index contributed by atoms with van der Waals surface area (Å²) < 4.78 is 10.2. The minimum absolute atomic E-state index is 0.0225. The number of hydroxylamine groups is 1. The standard InChI is InChI=1S/C24H36N4O6/c1-5-10-20(26-24(31)33-15-18-11-8-7-9-12-18)22(29)25-14-19(13-17(3)4)28-27-21(16-34-28)23(30)32-6-2/h7-9,11-12,17,19-20H,5-6,10,13-16H2,1-4H3,(H,25,29)(H,26,31)/t19-,20-/m0/s1. The molecule has 1 aliphatic rings. The van der Waals surface area contributed by atoms with Gasteiger partial charge >= 0.3 is 12.1 Å². The molecule has 0 unspecified atom stereocenters. The number of nitrogens with zero attached hydrogens (tertiary/aromatic N) is 2. The molecule has 0 bridgehead atoms. The third kappa shape index (κ3) is 9.01. The lowest BCUT2D eigenvalue weighted by Gasteiger charge is -2.27. The van der Waals surface area contributed by atoms with Gasteiger partial charge in [0.05, 0.1) is 12.6 Å². The fraction of sp³-hybridized carbons (Fsp3) is 0.583. The van der Waals surface area contributed by atoms with E-state index in [1.165, 1.54) is 5.17 Å². The van der Waals surface area contributed by atoms with Crippen LogP contribution in [0.5, 0.6) is 0 Å². The van der Waals surface area contributed by atoms with Gasteiger partial charge < -0.3 is 20.1 Å². The van der Waals surface area contributed by atoms with Crippen molar-refractivity contribution in [3.05, 3.63) is 35.9 Å². The monoisotopic (exact) mass is 476 g/mol. The molecular weight excluding hydrogens is 440 g/mol. The van der Waals surface area contributed by atoms with Crippen LogP contribution in [0, 0.1) is 5.92 Å². The molecule has 0 saturated carbocycles. The zero-order valence-electron chi connectivity index (χ0n) is 20.4. The highest BCUT2D eigenvalue weighted by Gasteiger charge is 2.30. The maximum Gasteiger partial charge on any atom is 0.408 e. The molecule has 1 aliphatic heterocycles. The molecule has 1 aromatic rings. The molecular formula is C24H36N4O6. The summed E-state index contributed by atoms with van der Waals surface area (Å²) in [5.41, 5.74) is 1.05. The summed E-state index contributed by atoms with van der Waals surface area (Å²) in [6.45, 7) is 8.38. The van der Waals surface area contributed by atoms with Gasteiger partial charge in [-0.1, -0.05) is 57.5 Å². The number of esters is 1. The predicted molar refractivity (Wildman–Crippen MR) is 127 cm³/mol. The Labute approximate surface area is 200 Å². The minimum Gasteiger partial charge on any atom is -0.461 e. The first-order valence-electron chi connectivity index (χ1n) is 11.8. The van der Waals surface area contributed by atoms with Crippen LogP contribution in [-0.2, 0) is 30.5 Å². The van der Waals surface area contributed by atoms with Crippen LogP contribution in [0.2, 0.25) is 0 Å². The number of amides is 2. The quantitative estimate of drug-likeness (QED) is 0.420. The number of alkyl carbamates (subject to hydrolysis) is 1. The second-order valence-electron chi connectivity index (χ2n) is 8.42. The van der Waals surface area contributed by atoms with E-state index >= 15 is 0 Å². The van der Waals surface area contributed by atoms with E-state index in [1.807, 2.05) is 51.1 Å². The van der Waals surface area contributed by atoms with Crippen LogP contribution in [0.4, 0.5) is 4.79 Å². The Balaban J connectivity index is 1.93. The summed E-state index contributed by atoms with van der Waals surface area (Å²) in [4.78, 5) is 42.6. The molecule has 34 heavy (non-hydrogen) atoms. The van der Waals surface area contributed by atoms with Gasteiger partial charge in [-0.25, -0.2) is 14.4 Å². The highest BCUT2D eigenvalue weighted by atomic mass is 16.7. The van der Waals surface area contributed by atoms with Gasteiger partial charge in [0.25, 0.3) is 0 Å². The lowest BCUT2D eigenvalue weighted by atomic mass is 10.0. The largest absolute Gasteiger partial charge is 0.461 e. The second-order valence-corrected chi connectivity index (χ2v) is 8.42. The lowest BCUT2D eigenvalue weighted by molar-refractivity contribution is -0.160. The van der Waals surface area contributed by atoms with Gasteiger partial charge in [0, 0.05) is 6.54 Å². The highest BCUT2D eigenvalue weighted by Crippen LogP contribution is 2.16. The maximum absolute atomic E-state index is 12.9. The first-order chi connectivity index (χ1) is 16.3. The first-order valence-corrected chi connectivity index (χ1v) is 11.8. The summed E-state index contributed by atoms with van der Waals surface area (Å²) in [7, 11) is 0. The van der Waals surface area contributed by atoms with Gasteiger partial charge in [0.2, 0.25) is 5.91 Å². The summed E-state index contributed by atoms with van der Waals surface area (Å²) in [6, 6.07) is 8.30. The molecule has 188 valence electrons. The molecule has 10 heteroatoms. The van der Waals surface area contributed by atoms with Crippen LogP contribution in [0.15, 0.2) is 35.4 Å². The number of nitrogens with one attached hydrogen (secondary N) is 2. The molecule has 0 radical (unpaired) electrons. The van der Waals surface area contributed by atoms with Crippen molar-refractivity contribution in [3.63, 3.8) is 0 Å². The maximum atomic E-state index is 12.9. The number of hydrazone groups is 1. The Morgan fingerprint density at radius 1 is 1.15 bits per heavy atom. The van der Waals surface area contributed by atoms with Crippen molar-refractivity contribution >= 4 is 23.7 Å². The Hall–Kier alpha value is -3.14. The minimum atomic E-state index is -0.730. The number of hydrogen-bond acceptors (Lipinski definition) is 8. The zero-order chi connectivity index (χ0) is 24.9. The molecule has 2 N–H and O–H groups in total. The number of ether oxygens (including phenoxy) is 2. The normalized spacial score (nSPS) is 14.9. The summed E-state index contributed by atoms with van der Waals surface area (Å²) in [5, 5.41) is 11.1. The van der Waals surface area contributed by atoms with Crippen LogP contribution >= 0.6 is 0 Å². The lowest BCUT2D eigenvalue weighted by Crippen LogP contribution is -2.50. The molecule has 1 heterocycles.